The van der Waals surface area contributed by atoms with E-state index >= 15 is 0 Å². The molecule has 1 unspecified atom stereocenters. The first-order valence-electron chi connectivity index (χ1n) is 6.44. The van der Waals surface area contributed by atoms with Gasteiger partial charge in [0.1, 0.15) is 0 Å². The Kier molecular flexibility index (Phi) is 4.57. The quantitative estimate of drug-likeness (QED) is 0.830. The Bertz CT molecular complexity index is 614. The van der Waals surface area contributed by atoms with Gasteiger partial charge in [-0.2, -0.15) is 5.10 Å². The minimum absolute atomic E-state index is 0.0538. The van der Waals surface area contributed by atoms with E-state index in [1.807, 2.05) is 19.1 Å². The molecule has 0 bridgehead atoms. The predicted octanol–water partition coefficient (Wildman–Crippen LogP) is 1.73. The summed E-state index contributed by atoms with van der Waals surface area (Å²) in [6.45, 7) is 1.87. The van der Waals surface area contributed by atoms with Gasteiger partial charge in [0.15, 0.2) is 6.61 Å². The third kappa shape index (κ3) is 3.83. The Labute approximate surface area is 122 Å². The lowest BCUT2D eigenvalue weighted by Gasteiger charge is -2.19. The summed E-state index contributed by atoms with van der Waals surface area (Å²) >= 11 is 0. The second-order valence-electron chi connectivity index (χ2n) is 4.62. The molecule has 2 rings (SSSR count). The zero-order valence-electron chi connectivity index (χ0n) is 11.6. The molecule has 6 nitrogen and oxygen atoms in total. The topological polar surface area (TPSA) is 79.8 Å². The van der Waals surface area contributed by atoms with Gasteiger partial charge in [0.2, 0.25) is 5.91 Å². The maximum Gasteiger partial charge on any atom is 0.412 e. The molecule has 6 heteroatoms. The number of hydrogen-bond donors (Lipinski definition) is 2. The van der Waals surface area contributed by atoms with E-state index in [0.29, 0.717) is 12.1 Å². The number of ether oxygens (including phenoxy) is 1. The van der Waals surface area contributed by atoms with Crippen molar-refractivity contribution >= 4 is 23.4 Å². The third-order valence-electron chi connectivity index (χ3n) is 2.97. The first-order chi connectivity index (χ1) is 10.1. The van der Waals surface area contributed by atoms with Crippen LogP contribution < -0.4 is 10.7 Å². The molecule has 0 saturated carbocycles. The van der Waals surface area contributed by atoms with Gasteiger partial charge in [0, 0.05) is 18.0 Å². The summed E-state index contributed by atoms with van der Waals surface area (Å²) < 4.78 is 4.71. The van der Waals surface area contributed by atoms with Crippen LogP contribution in [0.4, 0.5) is 10.5 Å². The minimum atomic E-state index is -0.601. The van der Waals surface area contributed by atoms with Gasteiger partial charge in [-0.05, 0) is 17.7 Å². The summed E-state index contributed by atoms with van der Waals surface area (Å²) in [5.41, 5.74) is 4.77. The fourth-order valence-corrected chi connectivity index (χ4v) is 1.99. The Morgan fingerprint density at radius 2 is 2.24 bits per heavy atom. The second kappa shape index (κ2) is 6.57. The Morgan fingerprint density at radius 3 is 2.86 bits per heavy atom. The van der Waals surface area contributed by atoms with E-state index in [-0.39, 0.29) is 18.4 Å². The largest absolute Gasteiger partial charge is 0.436 e. The number of terminal acetylenes is 1. The molecule has 0 radical (unpaired) electrons. The molecule has 0 saturated heterocycles. The normalized spacial score (nSPS) is 17.2. The number of nitrogens with zero attached hydrogens (tertiary/aromatic N) is 1. The van der Waals surface area contributed by atoms with Gasteiger partial charge < -0.3 is 4.74 Å². The van der Waals surface area contributed by atoms with E-state index in [9.17, 15) is 9.59 Å². The van der Waals surface area contributed by atoms with Gasteiger partial charge in [0.25, 0.3) is 0 Å². The summed E-state index contributed by atoms with van der Waals surface area (Å²) in [6, 6.07) is 7.11. The van der Waals surface area contributed by atoms with Crippen LogP contribution in [0.3, 0.4) is 0 Å². The summed E-state index contributed by atoms with van der Waals surface area (Å²) in [5.74, 6) is 2.18. The van der Waals surface area contributed by atoms with Crippen molar-refractivity contribution in [3.8, 4) is 12.3 Å². The maximum atomic E-state index is 11.3. The molecule has 1 aromatic rings. The number of nitrogens with one attached hydrogen (secondary N) is 2. The standard InChI is InChI=1S/C15H15N3O3/c1-3-8-21-15(20)16-12-6-4-11(5-7-12)14-10(2)9-13(19)17-18-14/h1,4-7,10H,8-9H2,2H3,(H,16,20)(H,17,19). The highest BCUT2D eigenvalue weighted by Gasteiger charge is 2.21. The first kappa shape index (κ1) is 14.6. The van der Waals surface area contributed by atoms with Crippen LogP contribution in [0.25, 0.3) is 0 Å². The van der Waals surface area contributed by atoms with Crippen LogP contribution in [0.2, 0.25) is 0 Å². The van der Waals surface area contributed by atoms with Crippen molar-refractivity contribution in [3.05, 3.63) is 29.8 Å². The number of hydrogen-bond acceptors (Lipinski definition) is 4. The summed E-state index contributed by atoms with van der Waals surface area (Å²) in [4.78, 5) is 22.6. The molecule has 0 fully saturated rings. The molecule has 21 heavy (non-hydrogen) atoms. The molecule has 0 aromatic heterocycles. The monoisotopic (exact) mass is 285 g/mol. The number of benzene rings is 1. The molecule has 1 atom stereocenters. The minimum Gasteiger partial charge on any atom is -0.436 e. The van der Waals surface area contributed by atoms with Crippen molar-refractivity contribution in [2.75, 3.05) is 11.9 Å². The highest BCUT2D eigenvalue weighted by molar-refractivity contribution is 6.06. The van der Waals surface area contributed by atoms with Gasteiger partial charge in [-0.25, -0.2) is 10.2 Å². The zero-order valence-corrected chi connectivity index (χ0v) is 11.6. The summed E-state index contributed by atoms with van der Waals surface area (Å²) in [5, 5.41) is 6.63. The summed E-state index contributed by atoms with van der Waals surface area (Å²) in [7, 11) is 0. The molecule has 1 aromatic carbocycles. The lowest BCUT2D eigenvalue weighted by Crippen LogP contribution is -2.31. The van der Waals surface area contributed by atoms with E-state index in [4.69, 9.17) is 11.2 Å². The van der Waals surface area contributed by atoms with E-state index in [1.165, 1.54) is 0 Å². The fraction of sp³-hybridized carbons (Fsp3) is 0.267. The van der Waals surface area contributed by atoms with Gasteiger partial charge in [-0.3, -0.25) is 10.1 Å². The number of rotatable bonds is 3. The van der Waals surface area contributed by atoms with Gasteiger partial charge in [0.05, 0.1) is 5.71 Å². The first-order valence-corrected chi connectivity index (χ1v) is 6.44. The molecule has 1 aliphatic rings. The van der Waals surface area contributed by atoms with E-state index in [0.717, 1.165) is 11.3 Å². The average molecular weight is 285 g/mol. The van der Waals surface area contributed by atoms with Crippen LogP contribution >= 0.6 is 0 Å². The lowest BCUT2D eigenvalue weighted by molar-refractivity contribution is -0.121. The summed E-state index contributed by atoms with van der Waals surface area (Å²) in [6.07, 6.45) is 4.81. The van der Waals surface area contributed by atoms with Crippen molar-refractivity contribution < 1.29 is 14.3 Å². The SMILES string of the molecule is C#CCOC(=O)Nc1ccc(C2=NNC(=O)CC2C)cc1. The van der Waals surface area contributed by atoms with Crippen LogP contribution in [0, 0.1) is 18.3 Å². The van der Waals surface area contributed by atoms with Crippen molar-refractivity contribution in [1.82, 2.24) is 5.43 Å². The van der Waals surface area contributed by atoms with Crippen LogP contribution in [0.5, 0.6) is 0 Å². The van der Waals surface area contributed by atoms with Gasteiger partial charge in [-0.15, -0.1) is 6.42 Å². The Morgan fingerprint density at radius 1 is 1.52 bits per heavy atom. The fourth-order valence-electron chi connectivity index (χ4n) is 1.99. The molecule has 0 aliphatic carbocycles. The van der Waals surface area contributed by atoms with Gasteiger partial charge >= 0.3 is 6.09 Å². The molecule has 2 N–H and O–H groups in total. The van der Waals surface area contributed by atoms with Crippen LogP contribution in [-0.4, -0.2) is 24.3 Å². The van der Waals surface area contributed by atoms with Crippen molar-refractivity contribution in [2.45, 2.75) is 13.3 Å². The zero-order chi connectivity index (χ0) is 15.2. The molecular formula is C15H15N3O3. The molecule has 0 spiro atoms. The third-order valence-corrected chi connectivity index (χ3v) is 2.97. The number of carbonyl (C=O) groups is 2. The Balaban J connectivity index is 2.04. The van der Waals surface area contributed by atoms with E-state index in [2.05, 4.69) is 21.8 Å². The lowest BCUT2D eigenvalue weighted by atomic mass is 9.94. The molecule has 1 heterocycles. The Hall–Kier alpha value is -2.81. The van der Waals surface area contributed by atoms with Crippen molar-refractivity contribution in [2.24, 2.45) is 11.0 Å². The maximum absolute atomic E-state index is 11.3. The van der Waals surface area contributed by atoms with Crippen LogP contribution in [-0.2, 0) is 9.53 Å². The van der Waals surface area contributed by atoms with Crippen LogP contribution in [0.1, 0.15) is 18.9 Å². The molecular weight excluding hydrogens is 270 g/mol. The average Bonchev–Trinajstić information content (AvgIpc) is 2.46. The van der Waals surface area contributed by atoms with Crippen molar-refractivity contribution in [3.63, 3.8) is 0 Å². The predicted molar refractivity (Wildman–Crippen MR) is 78.7 cm³/mol. The second-order valence-corrected chi connectivity index (χ2v) is 4.62. The van der Waals surface area contributed by atoms with Crippen LogP contribution in [0.15, 0.2) is 29.4 Å². The molecule has 108 valence electrons. The van der Waals surface area contributed by atoms with Crippen molar-refractivity contribution in [1.29, 1.82) is 0 Å². The number of anilines is 1. The highest BCUT2D eigenvalue weighted by atomic mass is 16.5. The highest BCUT2D eigenvalue weighted by Crippen LogP contribution is 2.18. The molecule has 1 aliphatic heterocycles. The number of carbonyl (C=O) groups excluding carboxylic acids is 2. The molecule has 2 amide bonds. The number of amides is 2. The van der Waals surface area contributed by atoms with Gasteiger partial charge in [-0.1, -0.05) is 25.0 Å². The van der Waals surface area contributed by atoms with E-state index < -0.39 is 6.09 Å². The number of hydrazone groups is 1. The smallest absolute Gasteiger partial charge is 0.412 e. The van der Waals surface area contributed by atoms with E-state index in [1.54, 1.807) is 12.1 Å².